The van der Waals surface area contributed by atoms with Crippen LogP contribution in [0.2, 0.25) is 10.0 Å². The van der Waals surface area contributed by atoms with E-state index in [2.05, 4.69) is 0 Å². The molecule has 1 amide bonds. The zero-order chi connectivity index (χ0) is 17.3. The zero-order valence-electron chi connectivity index (χ0n) is 12.8. The van der Waals surface area contributed by atoms with E-state index in [1.807, 2.05) is 6.07 Å². The van der Waals surface area contributed by atoms with Crippen molar-refractivity contribution in [2.24, 2.45) is 0 Å². The van der Waals surface area contributed by atoms with Gasteiger partial charge >= 0.3 is 5.97 Å². The number of aliphatic carboxylic acids is 1. The molecule has 24 heavy (non-hydrogen) atoms. The molecular formula is C16H17Cl2NO5. The van der Waals surface area contributed by atoms with Gasteiger partial charge in [0, 0.05) is 6.54 Å². The molecule has 2 fully saturated rings. The number of halogens is 2. The van der Waals surface area contributed by atoms with Gasteiger partial charge < -0.3 is 19.5 Å². The highest BCUT2D eigenvalue weighted by molar-refractivity contribution is 6.42. The van der Waals surface area contributed by atoms with Crippen molar-refractivity contribution in [3.8, 4) is 0 Å². The number of rotatable bonds is 3. The van der Waals surface area contributed by atoms with E-state index < -0.39 is 18.2 Å². The lowest BCUT2D eigenvalue weighted by Crippen LogP contribution is -2.46. The molecule has 8 heteroatoms. The highest BCUT2D eigenvalue weighted by atomic mass is 35.5. The van der Waals surface area contributed by atoms with Crippen molar-refractivity contribution >= 4 is 35.1 Å². The molecule has 2 aliphatic heterocycles. The van der Waals surface area contributed by atoms with Gasteiger partial charge in [-0.05, 0) is 30.5 Å². The summed E-state index contributed by atoms with van der Waals surface area (Å²) >= 11 is 12.0. The molecule has 2 aliphatic rings. The molecule has 0 aliphatic carbocycles. The Morgan fingerprint density at radius 3 is 2.58 bits per heavy atom. The number of morpholine rings is 1. The average molecular weight is 374 g/mol. The van der Waals surface area contributed by atoms with Gasteiger partial charge in [-0.2, -0.15) is 0 Å². The lowest BCUT2D eigenvalue weighted by molar-refractivity contribution is -0.158. The first kappa shape index (κ1) is 17.5. The largest absolute Gasteiger partial charge is 0.479 e. The van der Waals surface area contributed by atoms with Crippen LogP contribution in [-0.2, 0) is 19.1 Å². The number of hydrogen-bond acceptors (Lipinski definition) is 4. The second-order valence-electron chi connectivity index (χ2n) is 5.85. The molecule has 130 valence electrons. The highest BCUT2D eigenvalue weighted by Crippen LogP contribution is 2.30. The summed E-state index contributed by atoms with van der Waals surface area (Å²) in [5, 5.41) is 9.87. The SMILES string of the molecule is O=C(O)[C@H]1CC[C@@H](C(=O)N2CCOC(c3ccc(Cl)c(Cl)c3)C2)O1. The number of amides is 1. The van der Waals surface area contributed by atoms with E-state index in [9.17, 15) is 9.59 Å². The van der Waals surface area contributed by atoms with Crippen LogP contribution >= 0.6 is 23.2 Å². The Morgan fingerprint density at radius 2 is 1.92 bits per heavy atom. The lowest BCUT2D eigenvalue weighted by Gasteiger charge is -2.34. The Bertz CT molecular complexity index is 653. The summed E-state index contributed by atoms with van der Waals surface area (Å²) in [6, 6.07) is 5.25. The summed E-state index contributed by atoms with van der Waals surface area (Å²) in [6.07, 6.45) is -1.12. The highest BCUT2D eigenvalue weighted by Gasteiger charge is 2.38. The molecule has 1 unspecified atom stereocenters. The van der Waals surface area contributed by atoms with Crippen LogP contribution in [0.4, 0.5) is 0 Å². The summed E-state index contributed by atoms with van der Waals surface area (Å²) < 4.78 is 11.1. The molecule has 2 saturated heterocycles. The second-order valence-corrected chi connectivity index (χ2v) is 6.66. The molecule has 3 rings (SSSR count). The Balaban J connectivity index is 1.66. The van der Waals surface area contributed by atoms with Crippen LogP contribution in [0.15, 0.2) is 18.2 Å². The zero-order valence-corrected chi connectivity index (χ0v) is 14.3. The monoisotopic (exact) mass is 373 g/mol. The first-order valence-electron chi connectivity index (χ1n) is 7.69. The van der Waals surface area contributed by atoms with Gasteiger partial charge in [-0.15, -0.1) is 0 Å². The van der Waals surface area contributed by atoms with E-state index in [1.165, 1.54) is 0 Å². The number of carboxylic acids is 1. The van der Waals surface area contributed by atoms with Crippen LogP contribution in [-0.4, -0.2) is 53.8 Å². The van der Waals surface area contributed by atoms with Crippen LogP contribution in [0.3, 0.4) is 0 Å². The summed E-state index contributed by atoms with van der Waals surface area (Å²) in [6.45, 7) is 1.22. The maximum atomic E-state index is 12.6. The molecule has 0 radical (unpaired) electrons. The molecule has 0 spiro atoms. The van der Waals surface area contributed by atoms with Gasteiger partial charge in [-0.3, -0.25) is 4.79 Å². The van der Waals surface area contributed by atoms with Crippen molar-refractivity contribution < 1.29 is 24.2 Å². The predicted octanol–water partition coefficient (Wildman–Crippen LogP) is 2.53. The Morgan fingerprint density at radius 1 is 1.17 bits per heavy atom. The maximum Gasteiger partial charge on any atom is 0.332 e. The minimum absolute atomic E-state index is 0.188. The first-order chi connectivity index (χ1) is 11.5. The van der Waals surface area contributed by atoms with Gasteiger partial charge in [0.05, 0.1) is 23.2 Å². The van der Waals surface area contributed by atoms with Crippen molar-refractivity contribution in [2.45, 2.75) is 31.2 Å². The van der Waals surface area contributed by atoms with E-state index in [1.54, 1.807) is 17.0 Å². The molecule has 2 heterocycles. The quantitative estimate of drug-likeness (QED) is 0.880. The Hall–Kier alpha value is -1.34. The third-order valence-electron chi connectivity index (χ3n) is 4.26. The normalized spacial score (nSPS) is 27.2. The van der Waals surface area contributed by atoms with Crippen LogP contribution in [0.5, 0.6) is 0 Å². The Labute approximate surface area is 149 Å². The van der Waals surface area contributed by atoms with Gasteiger partial charge in [0.1, 0.15) is 12.2 Å². The van der Waals surface area contributed by atoms with Gasteiger partial charge in [0.2, 0.25) is 0 Å². The van der Waals surface area contributed by atoms with E-state index in [0.717, 1.165) is 5.56 Å². The molecule has 0 saturated carbocycles. The van der Waals surface area contributed by atoms with E-state index in [-0.39, 0.29) is 12.0 Å². The van der Waals surface area contributed by atoms with Gasteiger partial charge in [-0.25, -0.2) is 4.79 Å². The fraction of sp³-hybridized carbons (Fsp3) is 0.500. The van der Waals surface area contributed by atoms with Crippen molar-refractivity contribution in [1.29, 1.82) is 0 Å². The predicted molar refractivity (Wildman–Crippen MR) is 87.3 cm³/mol. The molecular weight excluding hydrogens is 357 g/mol. The number of carbonyl (C=O) groups excluding carboxylic acids is 1. The van der Waals surface area contributed by atoms with Gasteiger partial charge in [0.15, 0.2) is 6.10 Å². The molecule has 6 nitrogen and oxygen atoms in total. The second kappa shape index (κ2) is 7.27. The first-order valence-corrected chi connectivity index (χ1v) is 8.45. The minimum atomic E-state index is -1.03. The molecule has 1 aromatic carbocycles. The number of ether oxygens (including phenoxy) is 2. The smallest absolute Gasteiger partial charge is 0.332 e. The minimum Gasteiger partial charge on any atom is -0.479 e. The van der Waals surface area contributed by atoms with E-state index >= 15 is 0 Å². The maximum absolute atomic E-state index is 12.6. The summed E-state index contributed by atoms with van der Waals surface area (Å²) in [4.78, 5) is 25.2. The fourth-order valence-electron chi connectivity index (χ4n) is 2.97. The van der Waals surface area contributed by atoms with Gasteiger partial charge in [-0.1, -0.05) is 29.3 Å². The summed E-state index contributed by atoms with van der Waals surface area (Å²) in [5.41, 5.74) is 0.845. The van der Waals surface area contributed by atoms with Gasteiger partial charge in [0.25, 0.3) is 5.91 Å². The fourth-order valence-corrected chi connectivity index (χ4v) is 3.27. The van der Waals surface area contributed by atoms with Crippen LogP contribution < -0.4 is 0 Å². The summed E-state index contributed by atoms with van der Waals surface area (Å²) in [5.74, 6) is -1.21. The lowest BCUT2D eigenvalue weighted by atomic mass is 10.1. The third kappa shape index (κ3) is 3.67. The van der Waals surface area contributed by atoms with Crippen molar-refractivity contribution in [3.05, 3.63) is 33.8 Å². The topological polar surface area (TPSA) is 76.1 Å². The van der Waals surface area contributed by atoms with Crippen LogP contribution in [0.1, 0.15) is 24.5 Å². The number of carboxylic acid groups (broad SMARTS) is 1. The van der Waals surface area contributed by atoms with Crippen LogP contribution in [0.25, 0.3) is 0 Å². The van der Waals surface area contributed by atoms with Crippen LogP contribution in [0, 0.1) is 0 Å². The standard InChI is InChI=1S/C16H17Cl2NO5/c17-10-2-1-9(7-11(10)18)14-8-19(5-6-23-14)15(20)12-3-4-13(24-12)16(21)22/h1-2,7,12-14H,3-6,8H2,(H,21,22)/t12-,13+,14?/m0/s1. The van der Waals surface area contributed by atoms with Crippen molar-refractivity contribution in [3.63, 3.8) is 0 Å². The summed E-state index contributed by atoms with van der Waals surface area (Å²) in [7, 11) is 0. The number of benzene rings is 1. The number of nitrogens with zero attached hydrogens (tertiary/aromatic N) is 1. The number of carbonyl (C=O) groups is 2. The molecule has 1 N–H and O–H groups in total. The average Bonchev–Trinajstić information content (AvgIpc) is 3.07. The molecule has 0 bridgehead atoms. The number of hydrogen-bond donors (Lipinski definition) is 1. The van der Waals surface area contributed by atoms with Crippen molar-refractivity contribution in [1.82, 2.24) is 4.90 Å². The Kier molecular flexibility index (Phi) is 5.30. The molecule has 1 aromatic rings. The van der Waals surface area contributed by atoms with Crippen molar-refractivity contribution in [2.75, 3.05) is 19.7 Å². The molecule has 3 atom stereocenters. The molecule has 0 aromatic heterocycles. The van der Waals surface area contributed by atoms with E-state index in [4.69, 9.17) is 37.8 Å². The van der Waals surface area contributed by atoms with E-state index in [0.29, 0.717) is 42.6 Å². The third-order valence-corrected chi connectivity index (χ3v) is 5.00.